The number of likely N-dealkylation sites (tertiary alicyclic amines) is 1. The summed E-state index contributed by atoms with van der Waals surface area (Å²) in [4.78, 5) is 27.6. The van der Waals surface area contributed by atoms with Crippen molar-refractivity contribution in [2.75, 3.05) is 34.4 Å². The number of piperidine rings is 1. The summed E-state index contributed by atoms with van der Waals surface area (Å²) in [6.07, 6.45) is 1.85. The highest BCUT2D eigenvalue weighted by Crippen LogP contribution is 2.23. The van der Waals surface area contributed by atoms with Gasteiger partial charge >= 0.3 is 0 Å². The van der Waals surface area contributed by atoms with Crippen molar-refractivity contribution in [2.24, 2.45) is 5.92 Å². The molecular weight excluding hydrogens is 346 g/mol. The van der Waals surface area contributed by atoms with Crippen molar-refractivity contribution in [3.05, 3.63) is 23.8 Å². The summed E-state index contributed by atoms with van der Waals surface area (Å²) in [5.74, 6) is 0.699. The van der Waals surface area contributed by atoms with Crippen LogP contribution in [0.5, 0.6) is 11.5 Å². The molecule has 1 fully saturated rings. The smallest absolute Gasteiger partial charge is 0.252 e. The average molecular weight is 377 g/mol. The first-order chi connectivity index (χ1) is 12.9. The Labute approximate surface area is 161 Å². The number of rotatable bonds is 7. The second-order valence-electron chi connectivity index (χ2n) is 7.18. The molecule has 2 N–H and O–H groups in total. The van der Waals surface area contributed by atoms with Gasteiger partial charge in [-0.1, -0.05) is 13.8 Å². The van der Waals surface area contributed by atoms with Crippen LogP contribution in [-0.4, -0.2) is 63.2 Å². The van der Waals surface area contributed by atoms with E-state index in [9.17, 15) is 9.59 Å². The van der Waals surface area contributed by atoms with Gasteiger partial charge in [0.25, 0.3) is 5.91 Å². The van der Waals surface area contributed by atoms with E-state index in [0.717, 1.165) is 12.8 Å². The number of hydrogen-bond acceptors (Lipinski definition) is 5. The molecule has 0 radical (unpaired) electrons. The maximum absolute atomic E-state index is 13.0. The molecule has 7 nitrogen and oxygen atoms in total. The summed E-state index contributed by atoms with van der Waals surface area (Å²) in [5, 5.41) is 6.16. The number of nitrogens with one attached hydrogen (secondary N) is 2. The minimum absolute atomic E-state index is 0.0176. The summed E-state index contributed by atoms with van der Waals surface area (Å²) >= 11 is 0. The predicted molar refractivity (Wildman–Crippen MR) is 104 cm³/mol. The zero-order valence-electron chi connectivity index (χ0n) is 16.9. The van der Waals surface area contributed by atoms with Crippen molar-refractivity contribution in [1.29, 1.82) is 0 Å². The lowest BCUT2D eigenvalue weighted by Gasteiger charge is -2.35. The van der Waals surface area contributed by atoms with Crippen LogP contribution >= 0.6 is 0 Å². The molecule has 1 saturated heterocycles. The van der Waals surface area contributed by atoms with Gasteiger partial charge in [-0.05, 0) is 37.9 Å². The van der Waals surface area contributed by atoms with Crippen LogP contribution in [0.3, 0.4) is 0 Å². The van der Waals surface area contributed by atoms with E-state index in [0.29, 0.717) is 36.2 Å². The van der Waals surface area contributed by atoms with Crippen molar-refractivity contribution in [3.8, 4) is 11.5 Å². The van der Waals surface area contributed by atoms with Gasteiger partial charge in [0, 0.05) is 30.8 Å². The van der Waals surface area contributed by atoms with Crippen LogP contribution in [-0.2, 0) is 4.79 Å². The molecule has 0 aliphatic carbocycles. The molecule has 0 saturated carbocycles. The summed E-state index contributed by atoms with van der Waals surface area (Å²) < 4.78 is 10.4. The molecule has 2 amide bonds. The zero-order valence-corrected chi connectivity index (χ0v) is 16.9. The first-order valence-electron chi connectivity index (χ1n) is 9.39. The van der Waals surface area contributed by atoms with Crippen LogP contribution in [0.25, 0.3) is 0 Å². The van der Waals surface area contributed by atoms with Gasteiger partial charge in [-0.2, -0.15) is 0 Å². The Morgan fingerprint density at radius 3 is 2.07 bits per heavy atom. The van der Waals surface area contributed by atoms with Crippen LogP contribution in [0.1, 0.15) is 37.0 Å². The van der Waals surface area contributed by atoms with Gasteiger partial charge in [0.2, 0.25) is 5.91 Å². The zero-order chi connectivity index (χ0) is 20.0. The largest absolute Gasteiger partial charge is 0.497 e. The van der Waals surface area contributed by atoms with Gasteiger partial charge in [-0.15, -0.1) is 0 Å². The van der Waals surface area contributed by atoms with Gasteiger partial charge in [-0.25, -0.2) is 0 Å². The van der Waals surface area contributed by atoms with Gasteiger partial charge in [0.05, 0.1) is 14.2 Å². The number of ether oxygens (including phenoxy) is 2. The van der Waals surface area contributed by atoms with E-state index in [4.69, 9.17) is 9.47 Å². The lowest BCUT2D eigenvalue weighted by Crippen LogP contribution is -2.54. The molecule has 7 heteroatoms. The number of hydrogen-bond donors (Lipinski definition) is 2. The quantitative estimate of drug-likeness (QED) is 0.756. The van der Waals surface area contributed by atoms with E-state index in [2.05, 4.69) is 10.6 Å². The van der Waals surface area contributed by atoms with Crippen molar-refractivity contribution < 1.29 is 19.1 Å². The third-order valence-electron chi connectivity index (χ3n) is 5.05. The molecule has 1 aliphatic rings. The third kappa shape index (κ3) is 5.35. The number of benzene rings is 1. The molecular formula is C20H31N3O4. The van der Waals surface area contributed by atoms with E-state index in [1.54, 1.807) is 18.2 Å². The van der Waals surface area contributed by atoms with Crippen LogP contribution in [0, 0.1) is 5.92 Å². The second-order valence-corrected chi connectivity index (χ2v) is 7.18. The lowest BCUT2D eigenvalue weighted by atomic mass is 9.99. The van der Waals surface area contributed by atoms with Gasteiger partial charge < -0.3 is 25.0 Å². The van der Waals surface area contributed by atoms with Crippen LogP contribution < -0.4 is 20.1 Å². The molecule has 0 bridgehead atoms. The first-order valence-corrected chi connectivity index (χ1v) is 9.39. The van der Waals surface area contributed by atoms with Crippen LogP contribution in [0.2, 0.25) is 0 Å². The monoisotopic (exact) mass is 377 g/mol. The maximum Gasteiger partial charge on any atom is 0.252 e. The van der Waals surface area contributed by atoms with E-state index in [1.807, 2.05) is 25.8 Å². The van der Waals surface area contributed by atoms with Crippen LogP contribution in [0.4, 0.5) is 0 Å². The fraction of sp³-hybridized carbons (Fsp3) is 0.600. The number of amides is 2. The summed E-state index contributed by atoms with van der Waals surface area (Å²) in [5.41, 5.74) is 0.401. The molecule has 1 aliphatic heterocycles. The average Bonchev–Trinajstić information content (AvgIpc) is 2.70. The van der Waals surface area contributed by atoms with Gasteiger partial charge in [0.1, 0.15) is 17.5 Å². The van der Waals surface area contributed by atoms with Gasteiger partial charge in [0.15, 0.2) is 0 Å². The molecule has 0 aromatic heterocycles. The van der Waals surface area contributed by atoms with Crippen molar-refractivity contribution in [1.82, 2.24) is 15.5 Å². The molecule has 0 spiro atoms. The SMILES string of the molecule is CNC1CCN(C(=O)C(NC(=O)c2cc(OC)cc(OC)c2)C(C)C)CC1. The normalized spacial score (nSPS) is 16.1. The molecule has 1 aromatic carbocycles. The fourth-order valence-electron chi connectivity index (χ4n) is 3.26. The molecule has 1 unspecified atom stereocenters. The minimum Gasteiger partial charge on any atom is -0.497 e. The van der Waals surface area contributed by atoms with E-state index >= 15 is 0 Å². The topological polar surface area (TPSA) is 79.9 Å². The number of methoxy groups -OCH3 is 2. The Kier molecular flexibility index (Phi) is 7.47. The Balaban J connectivity index is 2.11. The summed E-state index contributed by atoms with van der Waals surface area (Å²) in [6.45, 7) is 5.29. The van der Waals surface area contributed by atoms with Crippen molar-refractivity contribution in [3.63, 3.8) is 0 Å². The summed E-state index contributed by atoms with van der Waals surface area (Å²) in [6, 6.07) is 4.86. The van der Waals surface area contributed by atoms with E-state index in [-0.39, 0.29) is 17.7 Å². The highest BCUT2D eigenvalue weighted by atomic mass is 16.5. The summed E-state index contributed by atoms with van der Waals surface area (Å²) in [7, 11) is 5.01. The van der Waals surface area contributed by atoms with E-state index in [1.165, 1.54) is 14.2 Å². The third-order valence-corrected chi connectivity index (χ3v) is 5.05. The number of nitrogens with zero attached hydrogens (tertiary/aromatic N) is 1. The molecule has 27 heavy (non-hydrogen) atoms. The van der Waals surface area contributed by atoms with E-state index < -0.39 is 6.04 Å². The Hall–Kier alpha value is -2.28. The highest BCUT2D eigenvalue weighted by Gasteiger charge is 2.31. The number of carbonyl (C=O) groups is 2. The molecule has 2 rings (SSSR count). The van der Waals surface area contributed by atoms with Crippen molar-refractivity contribution >= 4 is 11.8 Å². The highest BCUT2D eigenvalue weighted by molar-refractivity contribution is 5.98. The molecule has 1 heterocycles. The Bertz CT molecular complexity index is 632. The number of carbonyl (C=O) groups excluding carboxylic acids is 2. The predicted octanol–water partition coefficient (Wildman–Crippen LogP) is 1.67. The Morgan fingerprint density at radius 1 is 1.07 bits per heavy atom. The minimum atomic E-state index is -0.569. The molecule has 1 aromatic rings. The first kappa shape index (κ1) is 21.0. The maximum atomic E-state index is 13.0. The van der Waals surface area contributed by atoms with Gasteiger partial charge in [-0.3, -0.25) is 9.59 Å². The van der Waals surface area contributed by atoms with Crippen LogP contribution in [0.15, 0.2) is 18.2 Å². The lowest BCUT2D eigenvalue weighted by molar-refractivity contribution is -0.135. The standard InChI is InChI=1S/C20H31N3O4/c1-13(2)18(20(25)23-8-6-15(21-3)7-9-23)22-19(24)14-10-16(26-4)12-17(11-14)27-5/h10-13,15,18,21H,6-9H2,1-5H3,(H,22,24). The van der Waals surface area contributed by atoms with Crippen molar-refractivity contribution in [2.45, 2.75) is 38.8 Å². The second kappa shape index (κ2) is 9.60. The Morgan fingerprint density at radius 2 is 1.63 bits per heavy atom. The molecule has 1 atom stereocenters. The molecule has 150 valence electrons. The fourth-order valence-corrected chi connectivity index (χ4v) is 3.26.